The van der Waals surface area contributed by atoms with Gasteiger partial charge in [0, 0.05) is 6.42 Å². The number of allylic oxidation sites excluding steroid dienone is 2. The lowest BCUT2D eigenvalue weighted by Gasteiger charge is -2.13. The van der Waals surface area contributed by atoms with E-state index in [1.54, 1.807) is 0 Å². The minimum absolute atomic E-state index is 0.669. The number of hydrogen-bond acceptors (Lipinski definition) is 5. The predicted octanol–water partition coefficient (Wildman–Crippen LogP) is 3.89. The maximum Gasteiger partial charge on any atom is 0.144 e. The highest BCUT2D eigenvalue weighted by Gasteiger charge is 2.24. The van der Waals surface area contributed by atoms with Gasteiger partial charge < -0.3 is 0 Å². The maximum atomic E-state index is 8.86. The third-order valence-corrected chi connectivity index (χ3v) is 4.85. The molecular formula is C23H23N5. The number of amidine groups is 1. The molecule has 0 aromatic heterocycles. The van der Waals surface area contributed by atoms with Crippen LogP contribution in [0.5, 0.6) is 0 Å². The summed E-state index contributed by atoms with van der Waals surface area (Å²) in [4.78, 5) is 0. The van der Waals surface area contributed by atoms with E-state index >= 15 is 0 Å². The minimum Gasteiger partial charge on any atom is -0.286 e. The second kappa shape index (κ2) is 8.55. The van der Waals surface area contributed by atoms with Crippen LogP contribution in [-0.4, -0.2) is 17.5 Å². The first-order chi connectivity index (χ1) is 13.8. The average molecular weight is 369 g/mol. The number of benzene rings is 2. The highest BCUT2D eigenvalue weighted by molar-refractivity contribution is 5.84. The Morgan fingerprint density at radius 3 is 2.71 bits per heavy atom. The molecule has 2 aliphatic rings. The van der Waals surface area contributed by atoms with E-state index in [1.165, 1.54) is 24.0 Å². The molecule has 0 saturated heterocycles. The highest BCUT2D eigenvalue weighted by atomic mass is 15.9. The molecule has 5 nitrogen and oxygen atoms in total. The number of nitriles is 1. The molecule has 0 radical (unpaired) electrons. The molecule has 2 aromatic rings. The maximum absolute atomic E-state index is 8.86. The van der Waals surface area contributed by atoms with Gasteiger partial charge >= 0.3 is 0 Å². The van der Waals surface area contributed by atoms with E-state index in [0.29, 0.717) is 18.5 Å². The molecule has 0 bridgehead atoms. The zero-order chi connectivity index (χ0) is 19.2. The van der Waals surface area contributed by atoms with Gasteiger partial charge in [0.1, 0.15) is 5.84 Å². The molecule has 1 fully saturated rings. The van der Waals surface area contributed by atoms with Crippen LogP contribution in [0, 0.1) is 11.3 Å². The summed E-state index contributed by atoms with van der Waals surface area (Å²) >= 11 is 0. The van der Waals surface area contributed by atoms with Gasteiger partial charge in [-0.3, -0.25) is 5.43 Å². The Labute approximate surface area is 165 Å². The number of hydrazone groups is 1. The van der Waals surface area contributed by atoms with E-state index in [0.717, 1.165) is 17.3 Å². The van der Waals surface area contributed by atoms with Gasteiger partial charge in [0.05, 0.1) is 18.2 Å². The zero-order valence-corrected chi connectivity index (χ0v) is 15.7. The number of rotatable bonds is 7. The molecule has 1 heterocycles. The van der Waals surface area contributed by atoms with Gasteiger partial charge in [0.15, 0.2) is 0 Å². The van der Waals surface area contributed by atoms with Crippen molar-refractivity contribution < 1.29 is 0 Å². The van der Waals surface area contributed by atoms with Crippen molar-refractivity contribution in [1.29, 1.82) is 5.26 Å². The fourth-order valence-electron chi connectivity index (χ4n) is 3.22. The molecule has 0 atom stereocenters. The van der Waals surface area contributed by atoms with Crippen molar-refractivity contribution in [2.45, 2.75) is 25.2 Å². The Balaban J connectivity index is 1.23. The van der Waals surface area contributed by atoms with E-state index < -0.39 is 0 Å². The first-order valence-electron chi connectivity index (χ1n) is 9.59. The second-order valence-electron chi connectivity index (χ2n) is 7.06. The number of hydrogen-bond donors (Lipinski definition) is 2. The summed E-state index contributed by atoms with van der Waals surface area (Å²) < 4.78 is 0. The molecule has 0 spiro atoms. The van der Waals surface area contributed by atoms with Gasteiger partial charge in [-0.1, -0.05) is 60.7 Å². The van der Waals surface area contributed by atoms with Crippen LogP contribution >= 0.6 is 0 Å². The Kier molecular flexibility index (Phi) is 5.51. The zero-order valence-electron chi connectivity index (χ0n) is 15.7. The first-order valence-corrected chi connectivity index (χ1v) is 9.59. The lowest BCUT2D eigenvalue weighted by Crippen LogP contribution is -2.41. The topological polar surface area (TPSA) is 63.5 Å². The molecule has 5 heteroatoms. The molecule has 0 amide bonds. The minimum atomic E-state index is 0.669. The molecule has 2 N–H and O–H groups in total. The third kappa shape index (κ3) is 4.67. The fraction of sp³-hybridized carbons (Fsp3) is 0.217. The van der Waals surface area contributed by atoms with Crippen LogP contribution < -0.4 is 11.0 Å². The van der Waals surface area contributed by atoms with Gasteiger partial charge in [-0.25, -0.2) is 5.53 Å². The van der Waals surface area contributed by atoms with E-state index in [1.807, 2.05) is 29.4 Å². The van der Waals surface area contributed by atoms with Crippen molar-refractivity contribution >= 4 is 11.9 Å². The Bertz CT molecular complexity index is 946. The standard InChI is InChI=1S/C23H23N5/c24-17-19-11-9-18(10-12-19)16-23-25-27-28(26-23)15-5-1-2-6-20-7-3-4-8-22(20)21-13-14-21/h1-12,21,27H,13-16H2,(H,25,26). The van der Waals surface area contributed by atoms with E-state index in [9.17, 15) is 0 Å². The molecule has 0 unspecified atom stereocenters. The summed E-state index contributed by atoms with van der Waals surface area (Å²) in [5.74, 6) is 1.61. The summed E-state index contributed by atoms with van der Waals surface area (Å²) in [6.45, 7) is 0.689. The van der Waals surface area contributed by atoms with Gasteiger partial charge in [-0.15, -0.1) is 10.2 Å². The van der Waals surface area contributed by atoms with Gasteiger partial charge in [0.2, 0.25) is 0 Å². The van der Waals surface area contributed by atoms with Gasteiger partial charge in [-0.05, 0) is 47.6 Å². The third-order valence-electron chi connectivity index (χ3n) is 4.85. The van der Waals surface area contributed by atoms with Crippen LogP contribution in [0.15, 0.2) is 71.9 Å². The molecular weight excluding hydrogens is 346 g/mol. The normalized spacial score (nSPS) is 16.8. The van der Waals surface area contributed by atoms with Crippen molar-refractivity contribution in [3.8, 4) is 6.07 Å². The highest BCUT2D eigenvalue weighted by Crippen LogP contribution is 2.41. The quantitative estimate of drug-likeness (QED) is 0.727. The van der Waals surface area contributed by atoms with Crippen molar-refractivity contribution in [2.24, 2.45) is 5.10 Å². The average Bonchev–Trinajstić information content (AvgIpc) is 3.49. The molecule has 140 valence electrons. The number of nitrogens with one attached hydrogen (secondary N) is 2. The summed E-state index contributed by atoms with van der Waals surface area (Å²) in [6, 6.07) is 18.3. The van der Waals surface area contributed by atoms with Crippen molar-refractivity contribution in [1.82, 2.24) is 16.1 Å². The van der Waals surface area contributed by atoms with Crippen LogP contribution in [0.25, 0.3) is 6.08 Å². The number of nitrogens with zero attached hydrogens (tertiary/aromatic N) is 3. The monoisotopic (exact) mass is 369 g/mol. The predicted molar refractivity (Wildman–Crippen MR) is 112 cm³/mol. The van der Waals surface area contributed by atoms with Crippen LogP contribution in [0.3, 0.4) is 0 Å². The van der Waals surface area contributed by atoms with E-state index in [2.05, 4.69) is 70.7 Å². The summed E-state index contributed by atoms with van der Waals surface area (Å²) in [5, 5.41) is 15.0. The molecule has 1 saturated carbocycles. The van der Waals surface area contributed by atoms with E-state index in [-0.39, 0.29) is 0 Å². The van der Waals surface area contributed by atoms with Crippen LogP contribution in [0.4, 0.5) is 0 Å². The Morgan fingerprint density at radius 1 is 1.11 bits per heavy atom. The van der Waals surface area contributed by atoms with Crippen LogP contribution in [-0.2, 0) is 6.42 Å². The lowest BCUT2D eigenvalue weighted by molar-refractivity contribution is 0.202. The SMILES string of the molecule is N#Cc1ccc(CC2=NNN(CC=CC=Cc3ccccc3C3CC3)N2)cc1. The number of hydrazine groups is 2. The van der Waals surface area contributed by atoms with Crippen LogP contribution in [0.2, 0.25) is 0 Å². The molecule has 4 rings (SSSR count). The van der Waals surface area contributed by atoms with Crippen molar-refractivity contribution in [2.75, 3.05) is 6.54 Å². The Morgan fingerprint density at radius 2 is 1.93 bits per heavy atom. The largest absolute Gasteiger partial charge is 0.286 e. The van der Waals surface area contributed by atoms with Crippen LogP contribution in [0.1, 0.15) is 41.0 Å². The molecule has 28 heavy (non-hydrogen) atoms. The Hall–Kier alpha value is -3.36. The van der Waals surface area contributed by atoms with Gasteiger partial charge in [-0.2, -0.15) is 5.26 Å². The summed E-state index contributed by atoms with van der Waals surface area (Å²) in [5.41, 5.74) is 10.8. The molecule has 1 aliphatic carbocycles. The summed E-state index contributed by atoms with van der Waals surface area (Å²) in [6.07, 6.45) is 11.7. The lowest BCUT2D eigenvalue weighted by atomic mass is 10.0. The van der Waals surface area contributed by atoms with Crippen molar-refractivity contribution in [3.63, 3.8) is 0 Å². The smallest absolute Gasteiger partial charge is 0.144 e. The van der Waals surface area contributed by atoms with E-state index in [4.69, 9.17) is 5.26 Å². The molecule has 1 aliphatic heterocycles. The molecule has 2 aromatic carbocycles. The second-order valence-corrected chi connectivity index (χ2v) is 7.06. The summed E-state index contributed by atoms with van der Waals surface area (Å²) in [7, 11) is 0. The van der Waals surface area contributed by atoms with Crippen molar-refractivity contribution in [3.05, 3.63) is 89.0 Å². The fourth-order valence-corrected chi connectivity index (χ4v) is 3.22. The van der Waals surface area contributed by atoms with Gasteiger partial charge in [0.25, 0.3) is 0 Å². The first kappa shape index (κ1) is 18.0.